The number of benzene rings is 1. The predicted molar refractivity (Wildman–Crippen MR) is 114 cm³/mol. The maximum absolute atomic E-state index is 13.4. The molecule has 0 fully saturated rings. The van der Waals surface area contributed by atoms with Crippen LogP contribution in [0.4, 0.5) is 5.69 Å². The quantitative estimate of drug-likeness (QED) is 0.451. The molecule has 4 aromatic rings. The summed E-state index contributed by atoms with van der Waals surface area (Å²) in [6, 6.07) is 15.5. The molecule has 3 aromatic heterocycles. The molecule has 0 radical (unpaired) electrons. The van der Waals surface area contributed by atoms with Crippen molar-refractivity contribution in [1.29, 1.82) is 0 Å². The molecule has 3 heterocycles. The number of fused-ring (bicyclic) bond motifs is 1. The van der Waals surface area contributed by atoms with E-state index in [2.05, 4.69) is 22.7 Å². The number of carbonyl (C=O) groups is 1. The van der Waals surface area contributed by atoms with Gasteiger partial charge in [-0.25, -0.2) is 9.67 Å². The van der Waals surface area contributed by atoms with E-state index in [1.807, 2.05) is 59.5 Å². The molecule has 0 N–H and O–H groups in total. The standard InChI is InChI=1S/C22H20N4OS/c1-3-11-25(17-8-5-4-6-9-17)22(27)19-13-16(2)24-21-20(19)14-23-26(21)15-18-10-7-12-28-18/h3-10,12-14H,1,11,15H2,2H3. The minimum atomic E-state index is -0.0859. The smallest absolute Gasteiger partial charge is 0.259 e. The Morgan fingerprint density at radius 3 is 2.79 bits per heavy atom. The average Bonchev–Trinajstić information content (AvgIpc) is 3.36. The second-order valence-electron chi connectivity index (χ2n) is 6.47. The summed E-state index contributed by atoms with van der Waals surface area (Å²) in [5, 5.41) is 7.31. The number of carbonyl (C=O) groups excluding carboxylic acids is 1. The summed E-state index contributed by atoms with van der Waals surface area (Å²) in [5.74, 6) is -0.0859. The van der Waals surface area contributed by atoms with Gasteiger partial charge in [-0.05, 0) is 36.6 Å². The molecule has 0 aliphatic rings. The van der Waals surface area contributed by atoms with Gasteiger partial charge in [-0.2, -0.15) is 5.10 Å². The monoisotopic (exact) mass is 388 g/mol. The Morgan fingerprint density at radius 1 is 1.25 bits per heavy atom. The van der Waals surface area contributed by atoms with Crippen LogP contribution in [0.5, 0.6) is 0 Å². The molecule has 0 spiro atoms. The molecule has 0 bridgehead atoms. The van der Waals surface area contributed by atoms with E-state index in [1.54, 1.807) is 28.5 Å². The van der Waals surface area contributed by atoms with Crippen LogP contribution in [0, 0.1) is 6.92 Å². The van der Waals surface area contributed by atoms with E-state index in [1.165, 1.54) is 4.88 Å². The zero-order chi connectivity index (χ0) is 19.5. The zero-order valence-electron chi connectivity index (χ0n) is 15.6. The number of amides is 1. The van der Waals surface area contributed by atoms with Crippen molar-refractivity contribution in [2.45, 2.75) is 13.5 Å². The number of pyridine rings is 1. The summed E-state index contributed by atoms with van der Waals surface area (Å²) in [5.41, 5.74) is 2.95. The molecule has 140 valence electrons. The predicted octanol–water partition coefficient (Wildman–Crippen LogP) is 4.68. The van der Waals surface area contributed by atoms with E-state index in [-0.39, 0.29) is 5.91 Å². The second kappa shape index (κ2) is 7.78. The number of nitrogens with zero attached hydrogens (tertiary/aromatic N) is 4. The van der Waals surface area contributed by atoms with Crippen molar-refractivity contribution in [3.05, 3.63) is 88.9 Å². The minimum absolute atomic E-state index is 0.0859. The van der Waals surface area contributed by atoms with Crippen LogP contribution in [0.1, 0.15) is 20.9 Å². The molecule has 4 rings (SSSR count). The summed E-state index contributed by atoms with van der Waals surface area (Å²) in [6.45, 7) is 6.77. The normalized spacial score (nSPS) is 10.9. The van der Waals surface area contributed by atoms with Crippen LogP contribution < -0.4 is 4.90 Å². The average molecular weight is 388 g/mol. The number of anilines is 1. The van der Waals surface area contributed by atoms with Gasteiger partial charge in [0.2, 0.25) is 0 Å². The third kappa shape index (κ3) is 3.46. The van der Waals surface area contributed by atoms with Gasteiger partial charge in [-0.15, -0.1) is 17.9 Å². The van der Waals surface area contributed by atoms with Crippen molar-refractivity contribution < 1.29 is 4.79 Å². The largest absolute Gasteiger partial charge is 0.305 e. The van der Waals surface area contributed by atoms with Gasteiger partial charge in [-0.1, -0.05) is 30.3 Å². The Hall–Kier alpha value is -3.25. The third-order valence-corrected chi connectivity index (χ3v) is 5.34. The molecule has 0 unspecified atom stereocenters. The molecule has 0 atom stereocenters. The molecule has 0 aliphatic carbocycles. The number of hydrogen-bond donors (Lipinski definition) is 0. The van der Waals surface area contributed by atoms with Gasteiger partial charge in [0.05, 0.1) is 23.7 Å². The van der Waals surface area contributed by atoms with E-state index < -0.39 is 0 Å². The molecule has 0 saturated heterocycles. The molecule has 1 aromatic carbocycles. The lowest BCUT2D eigenvalue weighted by atomic mass is 10.1. The van der Waals surface area contributed by atoms with Crippen molar-refractivity contribution in [3.8, 4) is 0 Å². The molecular weight excluding hydrogens is 368 g/mol. The first kappa shape index (κ1) is 18.1. The Morgan fingerprint density at radius 2 is 2.07 bits per heavy atom. The lowest BCUT2D eigenvalue weighted by Crippen LogP contribution is -2.31. The molecular formula is C22H20N4OS. The van der Waals surface area contributed by atoms with Gasteiger partial charge in [0.1, 0.15) is 0 Å². The fourth-order valence-electron chi connectivity index (χ4n) is 3.20. The minimum Gasteiger partial charge on any atom is -0.305 e. The number of aromatic nitrogens is 3. The van der Waals surface area contributed by atoms with E-state index in [0.29, 0.717) is 18.7 Å². The van der Waals surface area contributed by atoms with Gasteiger partial charge in [-0.3, -0.25) is 4.79 Å². The highest BCUT2D eigenvalue weighted by atomic mass is 32.1. The number of aryl methyl sites for hydroxylation is 1. The first-order valence-corrected chi connectivity index (χ1v) is 9.88. The van der Waals surface area contributed by atoms with Crippen molar-refractivity contribution in [2.24, 2.45) is 0 Å². The molecule has 1 amide bonds. The van der Waals surface area contributed by atoms with E-state index in [0.717, 1.165) is 22.4 Å². The summed E-state index contributed by atoms with van der Waals surface area (Å²) in [7, 11) is 0. The van der Waals surface area contributed by atoms with Crippen LogP contribution in [0.25, 0.3) is 11.0 Å². The van der Waals surface area contributed by atoms with Crippen molar-refractivity contribution in [3.63, 3.8) is 0 Å². The fourth-order valence-corrected chi connectivity index (χ4v) is 3.89. The number of para-hydroxylation sites is 1. The lowest BCUT2D eigenvalue weighted by molar-refractivity contribution is 0.0991. The van der Waals surface area contributed by atoms with Crippen LogP contribution in [0.15, 0.2) is 72.8 Å². The summed E-state index contributed by atoms with van der Waals surface area (Å²) in [6.07, 6.45) is 3.47. The fraction of sp³-hybridized carbons (Fsp3) is 0.136. The molecule has 0 aliphatic heterocycles. The lowest BCUT2D eigenvalue weighted by Gasteiger charge is -2.22. The number of rotatable bonds is 6. The maximum Gasteiger partial charge on any atom is 0.259 e. The Labute approximate surface area is 167 Å². The van der Waals surface area contributed by atoms with Gasteiger partial charge in [0.15, 0.2) is 5.65 Å². The van der Waals surface area contributed by atoms with Crippen LogP contribution in [0.3, 0.4) is 0 Å². The molecule has 6 heteroatoms. The van der Waals surface area contributed by atoms with Gasteiger partial charge < -0.3 is 4.90 Å². The van der Waals surface area contributed by atoms with Crippen LogP contribution in [0.2, 0.25) is 0 Å². The SMILES string of the molecule is C=CCN(C(=O)c1cc(C)nc2c1cnn2Cc1cccs1)c1ccccc1. The van der Waals surface area contributed by atoms with Crippen molar-refractivity contribution >= 4 is 34.0 Å². The van der Waals surface area contributed by atoms with Gasteiger partial charge in [0.25, 0.3) is 5.91 Å². The number of hydrogen-bond acceptors (Lipinski definition) is 4. The van der Waals surface area contributed by atoms with E-state index >= 15 is 0 Å². The first-order chi connectivity index (χ1) is 13.7. The summed E-state index contributed by atoms with van der Waals surface area (Å²) < 4.78 is 1.85. The highest BCUT2D eigenvalue weighted by Crippen LogP contribution is 2.24. The topological polar surface area (TPSA) is 51.0 Å². The Kier molecular flexibility index (Phi) is 5.04. The molecule has 28 heavy (non-hydrogen) atoms. The van der Waals surface area contributed by atoms with E-state index in [9.17, 15) is 4.79 Å². The summed E-state index contributed by atoms with van der Waals surface area (Å²) in [4.78, 5) is 21.0. The van der Waals surface area contributed by atoms with Gasteiger partial charge >= 0.3 is 0 Å². The van der Waals surface area contributed by atoms with Crippen molar-refractivity contribution in [1.82, 2.24) is 14.8 Å². The second-order valence-corrected chi connectivity index (χ2v) is 7.50. The van der Waals surface area contributed by atoms with Crippen LogP contribution in [-0.2, 0) is 6.54 Å². The zero-order valence-corrected chi connectivity index (χ0v) is 16.4. The maximum atomic E-state index is 13.4. The van der Waals surface area contributed by atoms with E-state index in [4.69, 9.17) is 0 Å². The Balaban J connectivity index is 1.78. The first-order valence-electron chi connectivity index (χ1n) is 9.00. The molecule has 0 saturated carbocycles. The number of thiophene rings is 1. The van der Waals surface area contributed by atoms with Gasteiger partial charge in [0, 0.05) is 22.8 Å². The summed E-state index contributed by atoms with van der Waals surface area (Å²) >= 11 is 1.68. The molecule has 5 nitrogen and oxygen atoms in total. The Bertz CT molecular complexity index is 1120. The van der Waals surface area contributed by atoms with Crippen molar-refractivity contribution in [2.75, 3.05) is 11.4 Å². The van der Waals surface area contributed by atoms with Crippen LogP contribution >= 0.6 is 11.3 Å². The van der Waals surface area contributed by atoms with Crippen LogP contribution in [-0.4, -0.2) is 27.2 Å². The highest BCUT2D eigenvalue weighted by Gasteiger charge is 2.21. The third-order valence-electron chi connectivity index (χ3n) is 4.48. The highest BCUT2D eigenvalue weighted by molar-refractivity contribution is 7.09.